The average Bonchev–Trinajstić information content (AvgIpc) is 3.80. The van der Waals surface area contributed by atoms with Gasteiger partial charge in [-0.15, -0.1) is 11.3 Å². The summed E-state index contributed by atoms with van der Waals surface area (Å²) in [6, 6.07) is 26.2. The van der Waals surface area contributed by atoms with E-state index < -0.39 is 0 Å². The van der Waals surface area contributed by atoms with E-state index in [9.17, 15) is 9.59 Å². The van der Waals surface area contributed by atoms with Crippen LogP contribution < -0.4 is 15.0 Å². The van der Waals surface area contributed by atoms with E-state index in [0.29, 0.717) is 46.3 Å². The molecule has 0 fully saturated rings. The van der Waals surface area contributed by atoms with Crippen molar-refractivity contribution in [3.8, 4) is 16.4 Å². The smallest absolute Gasteiger partial charge is 0.268 e. The molecule has 0 saturated carbocycles. The van der Waals surface area contributed by atoms with Crippen molar-refractivity contribution in [3.05, 3.63) is 114 Å². The number of fused-ring (bicyclic) bond motifs is 1. The molecule has 10 heteroatoms. The number of nitrogens with zero attached hydrogens (tertiary/aromatic N) is 4. The number of nitrogens with one attached hydrogen (secondary N) is 1. The Morgan fingerprint density at radius 1 is 1.02 bits per heavy atom. The molecule has 2 amide bonds. The van der Waals surface area contributed by atoms with E-state index in [-0.39, 0.29) is 11.8 Å². The van der Waals surface area contributed by atoms with Crippen LogP contribution in [0.1, 0.15) is 25.6 Å². The number of hydrogen-bond acceptors (Lipinski definition) is 7. The summed E-state index contributed by atoms with van der Waals surface area (Å²) in [5, 5.41) is 3.00. The van der Waals surface area contributed by atoms with Crippen LogP contribution in [0, 0.1) is 0 Å². The number of thiophene rings is 1. The number of carbonyl (C=O) groups excluding carboxylic acids is 2. The van der Waals surface area contributed by atoms with Gasteiger partial charge in [0.05, 0.1) is 34.1 Å². The lowest BCUT2D eigenvalue weighted by atomic mass is 10.1. The van der Waals surface area contributed by atoms with Gasteiger partial charge in [0.1, 0.15) is 5.75 Å². The molecular formula is C32H27N5O4S. The van der Waals surface area contributed by atoms with Crippen molar-refractivity contribution in [2.24, 2.45) is 0 Å². The van der Waals surface area contributed by atoms with Gasteiger partial charge in [-0.3, -0.25) is 14.9 Å². The number of carbonyl (C=O) groups is 2. The third-order valence-electron chi connectivity index (χ3n) is 6.97. The van der Waals surface area contributed by atoms with Gasteiger partial charge in [0, 0.05) is 24.8 Å². The van der Waals surface area contributed by atoms with Crippen LogP contribution in [0.2, 0.25) is 0 Å². The van der Waals surface area contributed by atoms with Gasteiger partial charge in [-0.25, -0.2) is 9.97 Å². The quantitative estimate of drug-likeness (QED) is 0.210. The molecule has 3 heterocycles. The molecule has 3 aromatic carbocycles. The van der Waals surface area contributed by atoms with Crippen LogP contribution in [0.25, 0.3) is 21.7 Å². The number of methoxy groups -OCH3 is 1. The number of rotatable bonds is 9. The zero-order valence-electron chi connectivity index (χ0n) is 23.0. The van der Waals surface area contributed by atoms with Crippen LogP contribution in [0.3, 0.4) is 0 Å². The number of oxazole rings is 1. The van der Waals surface area contributed by atoms with Gasteiger partial charge in [0.25, 0.3) is 11.8 Å². The van der Waals surface area contributed by atoms with Gasteiger partial charge in [0.2, 0.25) is 5.95 Å². The molecule has 42 heavy (non-hydrogen) atoms. The van der Waals surface area contributed by atoms with Crippen LogP contribution in [0.4, 0.5) is 11.6 Å². The maximum Gasteiger partial charge on any atom is 0.268 e. The lowest BCUT2D eigenvalue weighted by Crippen LogP contribution is -2.26. The molecule has 0 spiro atoms. The van der Waals surface area contributed by atoms with Crippen molar-refractivity contribution in [2.75, 3.05) is 24.4 Å². The minimum Gasteiger partial charge on any atom is -0.496 e. The molecule has 0 aliphatic rings. The first kappa shape index (κ1) is 27.0. The van der Waals surface area contributed by atoms with E-state index in [2.05, 4.69) is 10.3 Å². The highest BCUT2D eigenvalue weighted by atomic mass is 32.1. The van der Waals surface area contributed by atoms with Crippen molar-refractivity contribution < 1.29 is 18.7 Å². The molecule has 0 atom stereocenters. The molecule has 3 aromatic heterocycles. The minimum atomic E-state index is -0.281. The molecule has 6 aromatic rings. The zero-order valence-corrected chi connectivity index (χ0v) is 23.8. The fourth-order valence-corrected chi connectivity index (χ4v) is 5.63. The Bertz CT molecular complexity index is 1860. The van der Waals surface area contributed by atoms with Gasteiger partial charge >= 0.3 is 0 Å². The molecule has 210 valence electrons. The van der Waals surface area contributed by atoms with E-state index in [1.807, 2.05) is 71.3 Å². The Balaban J connectivity index is 1.33. The van der Waals surface area contributed by atoms with E-state index in [0.717, 1.165) is 21.7 Å². The molecule has 9 nitrogen and oxygen atoms in total. The lowest BCUT2D eigenvalue weighted by molar-refractivity contribution is 0.0991. The number of benzene rings is 3. The Hall–Kier alpha value is -5.22. The average molecular weight is 578 g/mol. The Morgan fingerprint density at radius 2 is 1.83 bits per heavy atom. The number of aryl methyl sites for hydroxylation is 2. The zero-order chi connectivity index (χ0) is 29.1. The van der Waals surface area contributed by atoms with Crippen molar-refractivity contribution in [1.29, 1.82) is 0 Å². The standard InChI is InChI=1S/C32H27N5O4S/c1-36(31(39)22-9-4-3-5-10-22)23-12-13-25-24(18-23)34-32(37(25)17-16-21-8-6-7-11-26(21)40-2)35-30(38)29-15-14-28(42-29)27-19-33-20-41-27/h3-15,18-20H,16-17H2,1-2H3,(H,34,35,38). The normalized spacial score (nSPS) is 11.0. The Labute approximate surface area is 246 Å². The summed E-state index contributed by atoms with van der Waals surface area (Å²) in [7, 11) is 3.39. The maximum atomic E-state index is 13.3. The lowest BCUT2D eigenvalue weighted by Gasteiger charge is -2.17. The number of aromatic nitrogens is 3. The van der Waals surface area contributed by atoms with Crippen LogP contribution in [0.5, 0.6) is 5.75 Å². The summed E-state index contributed by atoms with van der Waals surface area (Å²) in [6.45, 7) is 0.540. The predicted octanol–water partition coefficient (Wildman–Crippen LogP) is 6.53. The van der Waals surface area contributed by atoms with Crippen molar-refractivity contribution in [2.45, 2.75) is 13.0 Å². The Kier molecular flexibility index (Phi) is 7.52. The van der Waals surface area contributed by atoms with Gasteiger partial charge in [0.15, 0.2) is 12.2 Å². The van der Waals surface area contributed by atoms with Gasteiger partial charge in [-0.05, 0) is 60.5 Å². The fourth-order valence-electron chi connectivity index (χ4n) is 4.77. The van der Waals surface area contributed by atoms with E-state index in [4.69, 9.17) is 14.1 Å². The number of ether oxygens (including phenoxy) is 1. The van der Waals surface area contributed by atoms with Crippen molar-refractivity contribution >= 4 is 45.8 Å². The topological polar surface area (TPSA) is 102 Å². The summed E-state index contributed by atoms with van der Waals surface area (Å²) in [5.74, 6) is 1.41. The molecular weight excluding hydrogens is 550 g/mol. The maximum absolute atomic E-state index is 13.3. The summed E-state index contributed by atoms with van der Waals surface area (Å²) < 4.78 is 12.9. The summed E-state index contributed by atoms with van der Waals surface area (Å²) in [6.07, 6.45) is 3.63. The molecule has 0 radical (unpaired) electrons. The highest BCUT2D eigenvalue weighted by Gasteiger charge is 2.20. The highest BCUT2D eigenvalue weighted by molar-refractivity contribution is 7.17. The second-order valence-electron chi connectivity index (χ2n) is 9.54. The molecule has 0 aliphatic heterocycles. The summed E-state index contributed by atoms with van der Waals surface area (Å²) in [4.78, 5) is 38.1. The SMILES string of the molecule is COc1ccccc1CCn1c(NC(=O)c2ccc(-c3cnco3)s2)nc2cc(N(C)C(=O)c3ccccc3)ccc21. The van der Waals surface area contributed by atoms with Crippen molar-refractivity contribution in [1.82, 2.24) is 14.5 Å². The predicted molar refractivity (Wildman–Crippen MR) is 163 cm³/mol. The van der Waals surface area contributed by atoms with Gasteiger partial charge in [-0.1, -0.05) is 36.4 Å². The van der Waals surface area contributed by atoms with E-state index in [1.54, 1.807) is 43.5 Å². The largest absolute Gasteiger partial charge is 0.496 e. The molecule has 6 rings (SSSR count). The first-order valence-corrected chi connectivity index (χ1v) is 14.1. The minimum absolute atomic E-state index is 0.126. The summed E-state index contributed by atoms with van der Waals surface area (Å²) in [5.41, 5.74) is 3.82. The second kappa shape index (κ2) is 11.7. The molecule has 0 aliphatic carbocycles. The first-order chi connectivity index (χ1) is 20.5. The number of amides is 2. The number of anilines is 2. The van der Waals surface area contributed by atoms with E-state index >= 15 is 0 Å². The third kappa shape index (κ3) is 5.39. The van der Waals surface area contributed by atoms with Crippen LogP contribution in [-0.4, -0.2) is 40.5 Å². The fraction of sp³-hybridized carbons (Fsp3) is 0.125. The van der Waals surface area contributed by atoms with Gasteiger partial charge < -0.3 is 18.6 Å². The number of imidazole rings is 1. The number of hydrogen-bond donors (Lipinski definition) is 1. The molecule has 0 bridgehead atoms. The van der Waals surface area contributed by atoms with E-state index in [1.165, 1.54) is 17.7 Å². The van der Waals surface area contributed by atoms with Gasteiger partial charge in [-0.2, -0.15) is 0 Å². The Morgan fingerprint density at radius 3 is 2.62 bits per heavy atom. The van der Waals surface area contributed by atoms with Crippen LogP contribution in [-0.2, 0) is 13.0 Å². The monoisotopic (exact) mass is 577 g/mol. The highest BCUT2D eigenvalue weighted by Crippen LogP contribution is 2.30. The van der Waals surface area contributed by atoms with Crippen LogP contribution >= 0.6 is 11.3 Å². The first-order valence-electron chi connectivity index (χ1n) is 13.3. The second-order valence-corrected chi connectivity index (χ2v) is 10.6. The summed E-state index contributed by atoms with van der Waals surface area (Å²) >= 11 is 1.31. The molecule has 1 N–H and O–H groups in total. The third-order valence-corrected chi connectivity index (χ3v) is 8.07. The molecule has 0 unspecified atom stereocenters. The molecule has 0 saturated heterocycles. The number of para-hydroxylation sites is 1. The van der Waals surface area contributed by atoms with Crippen molar-refractivity contribution in [3.63, 3.8) is 0 Å². The van der Waals surface area contributed by atoms with Crippen LogP contribution in [0.15, 0.2) is 102 Å².